The van der Waals surface area contributed by atoms with Crippen LogP contribution in [0.4, 0.5) is 11.5 Å². The molecule has 0 aliphatic heterocycles. The summed E-state index contributed by atoms with van der Waals surface area (Å²) in [5.41, 5.74) is 1.41. The quantitative estimate of drug-likeness (QED) is 0.323. The maximum atomic E-state index is 12.0. The van der Waals surface area contributed by atoms with E-state index >= 15 is 0 Å². The number of carbonyl (C=O) groups excluding carboxylic acids is 1. The zero-order valence-electron chi connectivity index (χ0n) is 15.9. The van der Waals surface area contributed by atoms with E-state index in [-0.39, 0.29) is 11.6 Å². The zero-order valence-corrected chi connectivity index (χ0v) is 15.9. The minimum absolute atomic E-state index is 0.00918. The minimum Gasteiger partial charge on any atom is -0.369 e. The Morgan fingerprint density at radius 2 is 2.03 bits per heavy atom. The predicted octanol–water partition coefficient (Wildman–Crippen LogP) is 2.39. The van der Waals surface area contributed by atoms with Crippen molar-refractivity contribution in [3.8, 4) is 0 Å². The number of amides is 1. The average Bonchev–Trinajstić information content (AvgIpc) is 3.14. The first kappa shape index (κ1) is 19.9. The fourth-order valence-corrected chi connectivity index (χ4v) is 2.66. The smallest absolute Gasteiger partial charge is 0.269 e. The number of fused-ring (bicyclic) bond motifs is 1. The topological polar surface area (TPSA) is 128 Å². The molecule has 10 nitrogen and oxygen atoms in total. The molecule has 0 aliphatic carbocycles. The standard InChI is InChI=1S/C19H21N7O3/c1-2-9-21-18-16-12-24-25(19(16)23-13-22-18)11-10-20-17(27)8-5-14-3-6-15(7-4-14)26(28)29/h3-8,12-13H,2,9-11H2,1H3,(H,20,27)(H,21,22,23)/b8-5+. The van der Waals surface area contributed by atoms with Gasteiger partial charge in [-0.15, -0.1) is 0 Å². The molecule has 0 bridgehead atoms. The van der Waals surface area contributed by atoms with Crippen LogP contribution in [0.3, 0.4) is 0 Å². The number of rotatable bonds is 9. The lowest BCUT2D eigenvalue weighted by molar-refractivity contribution is -0.384. The SMILES string of the molecule is CCCNc1ncnc2c1cnn2CCNC(=O)/C=C/c1ccc([N+](=O)[O-])cc1. The molecule has 3 aromatic rings. The second kappa shape index (κ2) is 9.40. The third-order valence-corrected chi connectivity index (χ3v) is 4.13. The van der Waals surface area contributed by atoms with Gasteiger partial charge in [-0.05, 0) is 30.2 Å². The predicted molar refractivity (Wildman–Crippen MR) is 109 cm³/mol. The van der Waals surface area contributed by atoms with Crippen LogP contribution in [0.15, 0.2) is 42.9 Å². The summed E-state index contributed by atoms with van der Waals surface area (Å²) >= 11 is 0. The highest BCUT2D eigenvalue weighted by molar-refractivity contribution is 5.91. The highest BCUT2D eigenvalue weighted by Gasteiger charge is 2.09. The number of non-ortho nitro benzene ring substituents is 1. The van der Waals surface area contributed by atoms with Crippen LogP contribution >= 0.6 is 0 Å². The van der Waals surface area contributed by atoms with Gasteiger partial charge < -0.3 is 10.6 Å². The molecule has 0 unspecified atom stereocenters. The molecule has 29 heavy (non-hydrogen) atoms. The van der Waals surface area contributed by atoms with Crippen LogP contribution < -0.4 is 10.6 Å². The van der Waals surface area contributed by atoms with Crippen molar-refractivity contribution in [2.45, 2.75) is 19.9 Å². The molecule has 1 amide bonds. The Morgan fingerprint density at radius 1 is 1.24 bits per heavy atom. The minimum atomic E-state index is -0.465. The second-order valence-corrected chi connectivity index (χ2v) is 6.23. The van der Waals surface area contributed by atoms with Crippen molar-refractivity contribution in [2.24, 2.45) is 0 Å². The summed E-state index contributed by atoms with van der Waals surface area (Å²) in [6, 6.07) is 5.96. The molecular weight excluding hydrogens is 374 g/mol. The molecule has 0 fully saturated rings. The summed E-state index contributed by atoms with van der Waals surface area (Å²) in [6.45, 7) is 3.73. The van der Waals surface area contributed by atoms with Crippen LogP contribution in [-0.4, -0.2) is 43.7 Å². The Kier molecular flexibility index (Phi) is 6.46. The lowest BCUT2D eigenvalue weighted by Gasteiger charge is -2.06. The number of nitrogens with zero attached hydrogens (tertiary/aromatic N) is 5. The lowest BCUT2D eigenvalue weighted by atomic mass is 10.2. The lowest BCUT2D eigenvalue weighted by Crippen LogP contribution is -2.25. The molecule has 150 valence electrons. The van der Waals surface area contributed by atoms with E-state index < -0.39 is 4.92 Å². The fraction of sp³-hybridized carbons (Fsp3) is 0.263. The Balaban J connectivity index is 1.54. The first-order valence-corrected chi connectivity index (χ1v) is 9.19. The van der Waals surface area contributed by atoms with E-state index in [2.05, 4.69) is 32.6 Å². The third kappa shape index (κ3) is 5.12. The van der Waals surface area contributed by atoms with Crippen molar-refractivity contribution < 1.29 is 9.72 Å². The van der Waals surface area contributed by atoms with E-state index in [9.17, 15) is 14.9 Å². The molecule has 10 heteroatoms. The number of hydrogen-bond donors (Lipinski definition) is 2. The van der Waals surface area contributed by atoms with E-state index in [1.807, 2.05) is 0 Å². The Bertz CT molecular complexity index is 1030. The maximum Gasteiger partial charge on any atom is 0.269 e. The van der Waals surface area contributed by atoms with Crippen molar-refractivity contribution in [2.75, 3.05) is 18.4 Å². The van der Waals surface area contributed by atoms with E-state index in [0.29, 0.717) is 24.3 Å². The summed E-state index contributed by atoms with van der Waals surface area (Å²) in [4.78, 5) is 30.7. The molecule has 2 aromatic heterocycles. The number of nitrogens with one attached hydrogen (secondary N) is 2. The van der Waals surface area contributed by atoms with Crippen LogP contribution in [0.25, 0.3) is 17.1 Å². The monoisotopic (exact) mass is 395 g/mol. The van der Waals surface area contributed by atoms with Crippen LogP contribution in [0.1, 0.15) is 18.9 Å². The van der Waals surface area contributed by atoms with Crippen molar-refractivity contribution in [3.63, 3.8) is 0 Å². The Labute approximate surface area is 166 Å². The summed E-state index contributed by atoms with van der Waals surface area (Å²) in [6.07, 6.45) is 7.17. The fourth-order valence-electron chi connectivity index (χ4n) is 2.66. The molecule has 0 saturated heterocycles. The number of nitro benzene ring substituents is 1. The van der Waals surface area contributed by atoms with E-state index in [0.717, 1.165) is 24.2 Å². The molecule has 2 heterocycles. The Morgan fingerprint density at radius 3 is 2.76 bits per heavy atom. The van der Waals surface area contributed by atoms with Crippen molar-refractivity contribution in [1.82, 2.24) is 25.1 Å². The van der Waals surface area contributed by atoms with Gasteiger partial charge in [0.2, 0.25) is 5.91 Å². The largest absolute Gasteiger partial charge is 0.369 e. The summed E-state index contributed by atoms with van der Waals surface area (Å²) in [5.74, 6) is 0.484. The molecule has 0 aliphatic rings. The van der Waals surface area contributed by atoms with Gasteiger partial charge in [0.25, 0.3) is 5.69 Å². The van der Waals surface area contributed by atoms with Gasteiger partial charge in [0, 0.05) is 31.3 Å². The number of nitro groups is 1. The van der Waals surface area contributed by atoms with E-state index in [1.165, 1.54) is 24.5 Å². The molecule has 0 radical (unpaired) electrons. The van der Waals surface area contributed by atoms with Gasteiger partial charge in [-0.1, -0.05) is 6.92 Å². The third-order valence-electron chi connectivity index (χ3n) is 4.13. The van der Waals surface area contributed by atoms with Gasteiger partial charge in [0.1, 0.15) is 12.1 Å². The average molecular weight is 395 g/mol. The number of anilines is 1. The number of hydrogen-bond acceptors (Lipinski definition) is 7. The summed E-state index contributed by atoms with van der Waals surface area (Å²) in [7, 11) is 0. The summed E-state index contributed by atoms with van der Waals surface area (Å²) < 4.78 is 1.72. The number of aromatic nitrogens is 4. The van der Waals surface area contributed by atoms with Crippen LogP contribution in [0, 0.1) is 10.1 Å². The van der Waals surface area contributed by atoms with Gasteiger partial charge in [0.15, 0.2) is 5.65 Å². The van der Waals surface area contributed by atoms with Crippen LogP contribution in [-0.2, 0) is 11.3 Å². The first-order chi connectivity index (χ1) is 14.1. The molecule has 1 aromatic carbocycles. The van der Waals surface area contributed by atoms with Crippen molar-refractivity contribution in [1.29, 1.82) is 0 Å². The van der Waals surface area contributed by atoms with Gasteiger partial charge in [-0.25, -0.2) is 14.6 Å². The van der Waals surface area contributed by atoms with Gasteiger partial charge in [-0.2, -0.15) is 5.10 Å². The molecule has 2 N–H and O–H groups in total. The highest BCUT2D eigenvalue weighted by Crippen LogP contribution is 2.18. The molecular formula is C19H21N7O3. The second-order valence-electron chi connectivity index (χ2n) is 6.23. The van der Waals surface area contributed by atoms with Crippen LogP contribution in [0.5, 0.6) is 0 Å². The first-order valence-electron chi connectivity index (χ1n) is 9.19. The van der Waals surface area contributed by atoms with E-state index in [4.69, 9.17) is 0 Å². The van der Waals surface area contributed by atoms with Gasteiger partial charge in [0.05, 0.1) is 23.1 Å². The molecule has 0 spiro atoms. The number of benzene rings is 1. The van der Waals surface area contributed by atoms with Gasteiger partial charge in [-0.3, -0.25) is 14.9 Å². The Hall–Kier alpha value is -3.82. The maximum absolute atomic E-state index is 12.0. The number of carbonyl (C=O) groups is 1. The van der Waals surface area contributed by atoms with Crippen molar-refractivity contribution >= 4 is 34.5 Å². The van der Waals surface area contributed by atoms with E-state index in [1.54, 1.807) is 29.1 Å². The molecule has 3 rings (SSSR count). The molecule has 0 atom stereocenters. The van der Waals surface area contributed by atoms with Gasteiger partial charge >= 0.3 is 0 Å². The normalized spacial score (nSPS) is 11.1. The highest BCUT2D eigenvalue weighted by atomic mass is 16.6. The summed E-state index contributed by atoms with van der Waals surface area (Å²) in [5, 5.41) is 21.8. The van der Waals surface area contributed by atoms with Crippen LogP contribution in [0.2, 0.25) is 0 Å². The van der Waals surface area contributed by atoms with Crippen molar-refractivity contribution in [3.05, 3.63) is 58.5 Å². The molecule has 0 saturated carbocycles. The zero-order chi connectivity index (χ0) is 20.6.